The van der Waals surface area contributed by atoms with Crippen molar-refractivity contribution in [2.75, 3.05) is 0 Å². The third-order valence-electron chi connectivity index (χ3n) is 2.99. The lowest BCUT2D eigenvalue weighted by atomic mass is 10.0. The van der Waals surface area contributed by atoms with Gasteiger partial charge in [0.25, 0.3) is 0 Å². The van der Waals surface area contributed by atoms with Crippen molar-refractivity contribution >= 4 is 16.9 Å². The number of esters is 1. The number of carbonyl (C=O) groups is 1. The zero-order valence-corrected chi connectivity index (χ0v) is 8.97. The minimum absolute atomic E-state index is 0.141. The van der Waals surface area contributed by atoms with Gasteiger partial charge in [-0.15, -0.1) is 0 Å². The van der Waals surface area contributed by atoms with Gasteiger partial charge in [-0.25, -0.2) is 0 Å². The first-order chi connectivity index (χ1) is 7.74. The molecule has 0 N–H and O–H groups in total. The number of fused-ring (bicyclic) bond motifs is 1. The molecule has 0 unspecified atom stereocenters. The molecular formula is C13H12O3. The predicted octanol–water partition coefficient (Wildman–Crippen LogP) is 3.06. The zero-order chi connectivity index (χ0) is 11.1. The van der Waals surface area contributed by atoms with E-state index in [0.717, 1.165) is 16.7 Å². The van der Waals surface area contributed by atoms with Crippen LogP contribution in [-0.2, 0) is 9.53 Å². The molecule has 2 aromatic rings. The lowest BCUT2D eigenvalue weighted by molar-refractivity contribution is -0.142. The number of rotatable bonds is 1. The van der Waals surface area contributed by atoms with Gasteiger partial charge in [0.2, 0.25) is 0 Å². The Labute approximate surface area is 93.0 Å². The number of cyclic esters (lactones) is 1. The fraction of sp³-hybridized carbons (Fsp3) is 0.308. The van der Waals surface area contributed by atoms with Gasteiger partial charge in [0.15, 0.2) is 6.10 Å². The fourth-order valence-electron chi connectivity index (χ4n) is 2.16. The molecule has 1 aliphatic heterocycles. The first kappa shape index (κ1) is 9.46. The van der Waals surface area contributed by atoms with E-state index in [2.05, 4.69) is 0 Å². The summed E-state index contributed by atoms with van der Waals surface area (Å²) in [7, 11) is 0. The van der Waals surface area contributed by atoms with Gasteiger partial charge in [0.05, 0.1) is 6.42 Å². The summed E-state index contributed by atoms with van der Waals surface area (Å²) < 4.78 is 10.9. The minimum atomic E-state index is -0.222. The van der Waals surface area contributed by atoms with Crippen molar-refractivity contribution in [3.8, 4) is 0 Å². The van der Waals surface area contributed by atoms with E-state index >= 15 is 0 Å². The van der Waals surface area contributed by atoms with E-state index in [1.165, 1.54) is 0 Å². The first-order valence-electron chi connectivity index (χ1n) is 5.42. The highest BCUT2D eigenvalue weighted by molar-refractivity contribution is 5.78. The molecule has 2 atom stereocenters. The maximum atomic E-state index is 11.2. The van der Waals surface area contributed by atoms with E-state index in [-0.39, 0.29) is 18.0 Å². The highest BCUT2D eigenvalue weighted by Crippen LogP contribution is 2.37. The minimum Gasteiger partial charge on any atom is -0.457 e. The number of ether oxygens (including phenoxy) is 1. The summed E-state index contributed by atoms with van der Waals surface area (Å²) in [5.74, 6) is 0.797. The van der Waals surface area contributed by atoms with E-state index in [1.807, 2.05) is 37.3 Å². The molecule has 1 saturated heterocycles. The number of benzene rings is 1. The molecular weight excluding hydrogens is 204 g/mol. The maximum absolute atomic E-state index is 11.2. The fourth-order valence-corrected chi connectivity index (χ4v) is 2.16. The van der Waals surface area contributed by atoms with Crippen molar-refractivity contribution in [2.24, 2.45) is 5.92 Å². The molecule has 0 radical (unpaired) electrons. The molecule has 0 spiro atoms. The Hall–Kier alpha value is -1.77. The number of hydrogen-bond donors (Lipinski definition) is 0. The summed E-state index contributed by atoms with van der Waals surface area (Å²) in [6.45, 7) is 2.00. The van der Waals surface area contributed by atoms with E-state index in [1.54, 1.807) is 0 Å². The molecule has 2 heterocycles. The van der Waals surface area contributed by atoms with Crippen molar-refractivity contribution in [2.45, 2.75) is 19.4 Å². The van der Waals surface area contributed by atoms with Gasteiger partial charge in [-0.1, -0.05) is 25.1 Å². The Kier molecular flexibility index (Phi) is 1.99. The highest BCUT2D eigenvalue weighted by Gasteiger charge is 2.34. The van der Waals surface area contributed by atoms with Crippen molar-refractivity contribution in [3.05, 3.63) is 36.1 Å². The molecule has 3 heteroatoms. The Balaban J connectivity index is 2.03. The summed E-state index contributed by atoms with van der Waals surface area (Å²) in [5.41, 5.74) is 0.840. The topological polar surface area (TPSA) is 39.4 Å². The number of hydrogen-bond acceptors (Lipinski definition) is 3. The monoisotopic (exact) mass is 216 g/mol. The zero-order valence-electron chi connectivity index (χ0n) is 8.97. The number of carbonyl (C=O) groups excluding carboxylic acids is 1. The molecule has 1 aromatic heterocycles. The van der Waals surface area contributed by atoms with Crippen LogP contribution in [0.1, 0.15) is 25.2 Å². The standard InChI is InChI=1S/C13H12O3/c1-8-6-12(14)16-13(8)11-7-9-4-2-3-5-10(9)15-11/h2-5,7-8,13H,6H2,1H3/t8-,13-/m0/s1. The molecule has 0 aliphatic carbocycles. The van der Waals surface area contributed by atoms with Gasteiger partial charge in [-0.2, -0.15) is 0 Å². The Morgan fingerprint density at radius 3 is 2.81 bits per heavy atom. The van der Waals surface area contributed by atoms with Gasteiger partial charge >= 0.3 is 5.97 Å². The molecule has 1 aromatic carbocycles. The molecule has 1 aliphatic rings. The van der Waals surface area contributed by atoms with E-state index in [0.29, 0.717) is 6.42 Å². The number of furan rings is 1. The number of para-hydroxylation sites is 1. The SMILES string of the molecule is C[C@H]1CC(=O)O[C@@H]1c1cc2ccccc2o1. The second kappa shape index (κ2) is 3.37. The third kappa shape index (κ3) is 1.40. The van der Waals surface area contributed by atoms with Crippen LogP contribution in [0.5, 0.6) is 0 Å². The van der Waals surface area contributed by atoms with Crippen LogP contribution >= 0.6 is 0 Å². The quantitative estimate of drug-likeness (QED) is 0.688. The van der Waals surface area contributed by atoms with Crippen LogP contribution < -0.4 is 0 Å². The molecule has 0 bridgehead atoms. The average molecular weight is 216 g/mol. The van der Waals surface area contributed by atoms with Crippen LogP contribution in [0.25, 0.3) is 11.0 Å². The van der Waals surface area contributed by atoms with Crippen molar-refractivity contribution in [1.82, 2.24) is 0 Å². The Morgan fingerprint density at radius 2 is 2.12 bits per heavy atom. The van der Waals surface area contributed by atoms with Crippen molar-refractivity contribution in [3.63, 3.8) is 0 Å². The summed E-state index contributed by atoms with van der Waals surface area (Å²) in [6.07, 6.45) is 0.252. The van der Waals surface area contributed by atoms with Gasteiger partial charge in [0, 0.05) is 11.3 Å². The van der Waals surface area contributed by atoms with E-state index < -0.39 is 0 Å². The molecule has 82 valence electrons. The van der Waals surface area contributed by atoms with Crippen LogP contribution in [0.4, 0.5) is 0 Å². The molecule has 0 amide bonds. The summed E-state index contributed by atoms with van der Waals surface area (Å²) in [4.78, 5) is 11.2. The lowest BCUT2D eigenvalue weighted by Gasteiger charge is -2.09. The summed E-state index contributed by atoms with van der Waals surface area (Å²) >= 11 is 0. The molecule has 3 nitrogen and oxygen atoms in total. The van der Waals surface area contributed by atoms with Crippen molar-refractivity contribution in [1.29, 1.82) is 0 Å². The van der Waals surface area contributed by atoms with Crippen LogP contribution in [-0.4, -0.2) is 5.97 Å². The predicted molar refractivity (Wildman–Crippen MR) is 58.8 cm³/mol. The van der Waals surface area contributed by atoms with Gasteiger partial charge < -0.3 is 9.15 Å². The summed E-state index contributed by atoms with van der Waals surface area (Å²) in [5, 5.41) is 1.05. The first-order valence-corrected chi connectivity index (χ1v) is 5.42. The van der Waals surface area contributed by atoms with Gasteiger partial charge in [0.1, 0.15) is 11.3 Å². The van der Waals surface area contributed by atoms with Crippen LogP contribution in [0.3, 0.4) is 0 Å². The molecule has 3 rings (SSSR count). The van der Waals surface area contributed by atoms with E-state index in [9.17, 15) is 4.79 Å². The Bertz CT molecular complexity index is 508. The van der Waals surface area contributed by atoms with Crippen molar-refractivity contribution < 1.29 is 13.9 Å². The van der Waals surface area contributed by atoms with E-state index in [4.69, 9.17) is 9.15 Å². The normalized spacial score (nSPS) is 24.9. The molecule has 0 saturated carbocycles. The maximum Gasteiger partial charge on any atom is 0.306 e. The average Bonchev–Trinajstić information content (AvgIpc) is 2.81. The molecule has 1 fully saturated rings. The smallest absolute Gasteiger partial charge is 0.306 e. The lowest BCUT2D eigenvalue weighted by Crippen LogP contribution is -2.02. The van der Waals surface area contributed by atoms with Gasteiger partial charge in [-0.05, 0) is 12.1 Å². The second-order valence-corrected chi connectivity index (χ2v) is 4.28. The Morgan fingerprint density at radius 1 is 1.31 bits per heavy atom. The van der Waals surface area contributed by atoms with Crippen LogP contribution in [0.2, 0.25) is 0 Å². The van der Waals surface area contributed by atoms with Crippen LogP contribution in [0, 0.1) is 5.92 Å². The van der Waals surface area contributed by atoms with Gasteiger partial charge in [-0.3, -0.25) is 4.79 Å². The highest BCUT2D eigenvalue weighted by atomic mass is 16.6. The third-order valence-corrected chi connectivity index (χ3v) is 2.99. The van der Waals surface area contributed by atoms with Crippen LogP contribution in [0.15, 0.2) is 34.7 Å². The molecule has 16 heavy (non-hydrogen) atoms. The summed E-state index contributed by atoms with van der Waals surface area (Å²) in [6, 6.07) is 9.75. The second-order valence-electron chi connectivity index (χ2n) is 4.28. The largest absolute Gasteiger partial charge is 0.457 e.